The van der Waals surface area contributed by atoms with E-state index in [1.165, 1.54) is 19.2 Å². The molecule has 0 aliphatic rings. The van der Waals surface area contributed by atoms with Crippen molar-refractivity contribution in [1.29, 1.82) is 0 Å². The third-order valence-electron chi connectivity index (χ3n) is 1.93. The fourth-order valence-electron chi connectivity index (χ4n) is 1.12. The quantitative estimate of drug-likeness (QED) is 0.740. The van der Waals surface area contributed by atoms with Gasteiger partial charge < -0.3 is 9.47 Å². The minimum Gasteiger partial charge on any atom is -0.493 e. The van der Waals surface area contributed by atoms with Crippen LogP contribution in [0.2, 0.25) is 0 Å². The van der Waals surface area contributed by atoms with Crippen LogP contribution in [-0.2, 0) is 4.74 Å². The molecule has 0 fully saturated rings. The van der Waals surface area contributed by atoms with Crippen LogP contribution < -0.4 is 4.74 Å². The van der Waals surface area contributed by atoms with E-state index >= 15 is 0 Å². The lowest BCUT2D eigenvalue weighted by atomic mass is 10.2. The van der Waals surface area contributed by atoms with E-state index in [1.54, 1.807) is 6.07 Å². The molecule has 0 atom stereocenters. The summed E-state index contributed by atoms with van der Waals surface area (Å²) in [6.07, 6.45) is 0. The van der Waals surface area contributed by atoms with Crippen LogP contribution in [0.3, 0.4) is 0 Å². The summed E-state index contributed by atoms with van der Waals surface area (Å²) < 4.78 is 23.2. The highest BCUT2D eigenvalue weighted by atomic mass is 19.1. The number of carbonyl (C=O) groups excluding carboxylic acids is 1. The molecule has 1 aromatic rings. The molecular formula is C12H15FO3. The molecule has 0 bridgehead atoms. The number of hydrogen-bond donors (Lipinski definition) is 0. The molecule has 3 nitrogen and oxygen atoms in total. The van der Waals surface area contributed by atoms with Gasteiger partial charge in [-0.05, 0) is 18.1 Å². The summed E-state index contributed by atoms with van der Waals surface area (Å²) in [6.45, 7) is 4.51. The average Bonchev–Trinajstić information content (AvgIpc) is 2.25. The molecule has 0 amide bonds. The smallest absolute Gasteiger partial charge is 0.340 e. The number of ether oxygens (including phenoxy) is 2. The highest BCUT2D eigenvalue weighted by molar-refractivity contribution is 5.89. The number of rotatable bonds is 4. The lowest BCUT2D eigenvalue weighted by Crippen LogP contribution is -2.07. The maximum absolute atomic E-state index is 13.4. The Labute approximate surface area is 94.2 Å². The first-order valence-corrected chi connectivity index (χ1v) is 5.05. The van der Waals surface area contributed by atoms with Crippen molar-refractivity contribution in [3.8, 4) is 5.75 Å². The van der Waals surface area contributed by atoms with Crippen LogP contribution in [0.1, 0.15) is 24.2 Å². The largest absolute Gasteiger partial charge is 0.493 e. The number of methoxy groups -OCH3 is 1. The predicted octanol–water partition coefficient (Wildman–Crippen LogP) is 2.65. The summed E-state index contributed by atoms with van der Waals surface area (Å²) >= 11 is 0. The van der Waals surface area contributed by atoms with Gasteiger partial charge in [0.1, 0.15) is 11.6 Å². The summed E-state index contributed by atoms with van der Waals surface area (Å²) in [4.78, 5) is 11.1. The molecule has 0 radical (unpaired) electrons. The van der Waals surface area contributed by atoms with E-state index in [0.717, 1.165) is 0 Å². The number of halogens is 1. The molecule has 0 N–H and O–H groups in total. The molecule has 0 aliphatic heterocycles. The molecular weight excluding hydrogens is 211 g/mol. The van der Waals surface area contributed by atoms with Crippen molar-refractivity contribution >= 4 is 5.97 Å². The Kier molecular flexibility index (Phi) is 4.28. The van der Waals surface area contributed by atoms with Gasteiger partial charge in [-0.15, -0.1) is 0 Å². The summed E-state index contributed by atoms with van der Waals surface area (Å²) in [7, 11) is 1.21. The van der Waals surface area contributed by atoms with Gasteiger partial charge in [-0.2, -0.15) is 0 Å². The Morgan fingerprint density at radius 3 is 2.62 bits per heavy atom. The standard InChI is InChI=1S/C12H15FO3/c1-8(2)7-16-9-4-5-10(11(13)6-9)12(14)15-3/h4-6,8H,7H2,1-3H3. The molecule has 1 rings (SSSR count). The lowest BCUT2D eigenvalue weighted by molar-refractivity contribution is 0.0595. The first-order chi connectivity index (χ1) is 7.54. The SMILES string of the molecule is COC(=O)c1ccc(OCC(C)C)cc1F. The summed E-state index contributed by atoms with van der Waals surface area (Å²) in [5, 5.41) is 0. The van der Waals surface area contributed by atoms with Crippen LogP contribution in [0.4, 0.5) is 4.39 Å². The lowest BCUT2D eigenvalue weighted by Gasteiger charge is -2.09. The summed E-state index contributed by atoms with van der Waals surface area (Å²) in [5.74, 6) is -0.539. The molecule has 0 spiro atoms. The number of esters is 1. The zero-order chi connectivity index (χ0) is 12.1. The molecule has 16 heavy (non-hydrogen) atoms. The second kappa shape index (κ2) is 5.49. The summed E-state index contributed by atoms with van der Waals surface area (Å²) in [5.41, 5.74) is -0.0839. The third kappa shape index (κ3) is 3.22. The van der Waals surface area contributed by atoms with Crippen LogP contribution in [0.25, 0.3) is 0 Å². The van der Waals surface area contributed by atoms with Crippen LogP contribution in [0.5, 0.6) is 5.75 Å². The Morgan fingerprint density at radius 1 is 1.44 bits per heavy atom. The molecule has 0 aromatic heterocycles. The number of carbonyl (C=O) groups is 1. The minimum atomic E-state index is -0.687. The van der Waals surface area contributed by atoms with Gasteiger partial charge in [0.15, 0.2) is 0 Å². The van der Waals surface area contributed by atoms with Crippen molar-refractivity contribution in [3.63, 3.8) is 0 Å². The fraction of sp³-hybridized carbons (Fsp3) is 0.417. The van der Waals surface area contributed by atoms with Gasteiger partial charge in [-0.25, -0.2) is 9.18 Å². The van der Waals surface area contributed by atoms with Gasteiger partial charge in [-0.3, -0.25) is 0 Å². The van der Waals surface area contributed by atoms with Crippen molar-refractivity contribution < 1.29 is 18.7 Å². The highest BCUT2D eigenvalue weighted by Gasteiger charge is 2.12. The molecule has 1 aromatic carbocycles. The van der Waals surface area contributed by atoms with Crippen molar-refractivity contribution in [2.24, 2.45) is 5.92 Å². The monoisotopic (exact) mass is 226 g/mol. The van der Waals surface area contributed by atoms with Gasteiger partial charge in [0, 0.05) is 6.07 Å². The molecule has 88 valence electrons. The Hall–Kier alpha value is -1.58. The molecule has 0 saturated carbocycles. The van der Waals surface area contributed by atoms with Crippen LogP contribution >= 0.6 is 0 Å². The minimum absolute atomic E-state index is 0.0839. The highest BCUT2D eigenvalue weighted by Crippen LogP contribution is 2.17. The van der Waals surface area contributed by atoms with E-state index in [4.69, 9.17) is 4.74 Å². The van der Waals surface area contributed by atoms with Gasteiger partial charge in [-0.1, -0.05) is 13.8 Å². The van der Waals surface area contributed by atoms with E-state index < -0.39 is 11.8 Å². The average molecular weight is 226 g/mol. The topological polar surface area (TPSA) is 35.5 Å². The normalized spacial score (nSPS) is 10.3. The molecule has 0 unspecified atom stereocenters. The van der Waals surface area contributed by atoms with E-state index in [0.29, 0.717) is 18.3 Å². The zero-order valence-electron chi connectivity index (χ0n) is 9.62. The maximum atomic E-state index is 13.4. The zero-order valence-corrected chi connectivity index (χ0v) is 9.62. The van der Waals surface area contributed by atoms with Crippen molar-refractivity contribution in [2.75, 3.05) is 13.7 Å². The second-order valence-corrected chi connectivity index (χ2v) is 3.84. The Morgan fingerprint density at radius 2 is 2.12 bits per heavy atom. The van der Waals surface area contributed by atoms with Gasteiger partial charge in [0.25, 0.3) is 0 Å². The van der Waals surface area contributed by atoms with E-state index in [2.05, 4.69) is 4.74 Å². The van der Waals surface area contributed by atoms with Gasteiger partial charge in [0.2, 0.25) is 0 Å². The predicted molar refractivity (Wildman–Crippen MR) is 58.1 cm³/mol. The molecule has 0 heterocycles. The third-order valence-corrected chi connectivity index (χ3v) is 1.93. The van der Waals surface area contributed by atoms with E-state index in [-0.39, 0.29) is 5.56 Å². The maximum Gasteiger partial charge on any atom is 0.340 e. The van der Waals surface area contributed by atoms with Crippen molar-refractivity contribution in [2.45, 2.75) is 13.8 Å². The fourth-order valence-corrected chi connectivity index (χ4v) is 1.12. The van der Waals surface area contributed by atoms with E-state index in [9.17, 15) is 9.18 Å². The Balaban J connectivity index is 2.78. The Bertz CT molecular complexity index is 375. The van der Waals surface area contributed by atoms with Crippen LogP contribution in [0, 0.1) is 11.7 Å². The van der Waals surface area contributed by atoms with Crippen molar-refractivity contribution in [3.05, 3.63) is 29.6 Å². The molecule has 4 heteroatoms. The first-order valence-electron chi connectivity index (χ1n) is 5.05. The molecule has 0 saturated heterocycles. The molecule has 0 aliphatic carbocycles. The van der Waals surface area contributed by atoms with Gasteiger partial charge in [0.05, 0.1) is 19.3 Å². The first kappa shape index (κ1) is 12.5. The van der Waals surface area contributed by atoms with Crippen LogP contribution in [0.15, 0.2) is 18.2 Å². The number of hydrogen-bond acceptors (Lipinski definition) is 3. The number of benzene rings is 1. The second-order valence-electron chi connectivity index (χ2n) is 3.84. The van der Waals surface area contributed by atoms with Gasteiger partial charge >= 0.3 is 5.97 Å². The van der Waals surface area contributed by atoms with Crippen LogP contribution in [-0.4, -0.2) is 19.7 Å². The van der Waals surface area contributed by atoms with E-state index in [1.807, 2.05) is 13.8 Å². The summed E-state index contributed by atoms with van der Waals surface area (Å²) in [6, 6.07) is 4.10. The van der Waals surface area contributed by atoms with Crippen molar-refractivity contribution in [1.82, 2.24) is 0 Å².